The first-order chi connectivity index (χ1) is 8.33. The molecule has 0 amide bonds. The van der Waals surface area contributed by atoms with E-state index in [1.807, 2.05) is 0 Å². The Balaban J connectivity index is 3.93. The minimum absolute atomic E-state index is 0.180. The van der Waals surface area contributed by atoms with Gasteiger partial charge in [-0.2, -0.15) is 16.8 Å². The Morgan fingerprint density at radius 1 is 0.778 bits per heavy atom. The summed E-state index contributed by atoms with van der Waals surface area (Å²) in [6, 6.07) is 0. The number of hydrogen-bond donors (Lipinski definition) is 0. The lowest BCUT2D eigenvalue weighted by atomic mass is 10.5. The summed E-state index contributed by atoms with van der Waals surface area (Å²) < 4.78 is 53.3. The Labute approximate surface area is 108 Å². The molecule has 0 heterocycles. The van der Waals surface area contributed by atoms with Crippen LogP contribution in [0, 0.1) is 0 Å². The minimum Gasteiger partial charge on any atom is -0.266 e. The van der Waals surface area contributed by atoms with Crippen LogP contribution in [-0.2, 0) is 28.6 Å². The second-order valence-corrected chi connectivity index (χ2v) is 6.44. The van der Waals surface area contributed by atoms with Gasteiger partial charge in [-0.05, 0) is 0 Å². The molecule has 0 N–H and O–H groups in total. The van der Waals surface area contributed by atoms with Gasteiger partial charge in [0.15, 0.2) is 0 Å². The van der Waals surface area contributed by atoms with Gasteiger partial charge >= 0.3 is 0 Å². The van der Waals surface area contributed by atoms with Gasteiger partial charge in [0.25, 0.3) is 20.2 Å². The van der Waals surface area contributed by atoms with Crippen LogP contribution in [0.25, 0.3) is 0 Å². The summed E-state index contributed by atoms with van der Waals surface area (Å²) in [7, 11) is -7.19. The van der Waals surface area contributed by atoms with Crippen LogP contribution in [-0.4, -0.2) is 41.6 Å². The molecule has 0 aliphatic carbocycles. The molecule has 0 aromatic rings. The van der Waals surface area contributed by atoms with Gasteiger partial charge in [0.05, 0.1) is 24.7 Å². The van der Waals surface area contributed by atoms with Crippen LogP contribution in [0.5, 0.6) is 0 Å². The van der Waals surface area contributed by atoms with Crippen molar-refractivity contribution in [3.05, 3.63) is 37.5 Å². The highest BCUT2D eigenvalue weighted by atomic mass is 32.2. The Morgan fingerprint density at radius 2 is 1.11 bits per heavy atom. The minimum atomic E-state index is -3.60. The largest absolute Gasteiger partial charge is 0.271 e. The molecule has 0 aliphatic rings. The molecule has 18 heavy (non-hydrogen) atoms. The van der Waals surface area contributed by atoms with Gasteiger partial charge in [0.1, 0.15) is 0 Å². The molecule has 6 nitrogen and oxygen atoms in total. The van der Waals surface area contributed by atoms with E-state index in [0.29, 0.717) is 0 Å². The third-order valence-electron chi connectivity index (χ3n) is 1.50. The van der Waals surface area contributed by atoms with Crippen molar-refractivity contribution < 1.29 is 25.2 Å². The molecule has 0 spiro atoms. The summed E-state index contributed by atoms with van der Waals surface area (Å²) in [4.78, 5) is 0. The molecule has 0 aromatic heterocycles. The van der Waals surface area contributed by atoms with Crippen molar-refractivity contribution >= 4 is 20.2 Å². The molecular formula is C10H16O6S2. The quantitative estimate of drug-likeness (QED) is 0.433. The van der Waals surface area contributed by atoms with Crippen LogP contribution >= 0.6 is 0 Å². The zero-order valence-corrected chi connectivity index (χ0v) is 11.5. The topological polar surface area (TPSA) is 86.7 Å². The van der Waals surface area contributed by atoms with Crippen molar-refractivity contribution in [1.29, 1.82) is 0 Å². The molecule has 104 valence electrons. The van der Waals surface area contributed by atoms with E-state index in [9.17, 15) is 16.8 Å². The van der Waals surface area contributed by atoms with Gasteiger partial charge in [-0.3, -0.25) is 8.37 Å². The molecule has 0 aliphatic heterocycles. The lowest BCUT2D eigenvalue weighted by Crippen LogP contribution is -2.10. The Kier molecular flexibility index (Phi) is 7.76. The van der Waals surface area contributed by atoms with Crippen LogP contribution in [0.2, 0.25) is 0 Å². The van der Waals surface area contributed by atoms with Crippen LogP contribution in [0.4, 0.5) is 0 Å². The first kappa shape index (κ1) is 17.0. The summed E-state index contributed by atoms with van der Waals surface area (Å²) in [5.74, 6) is -0.546. The molecule has 0 saturated heterocycles. The Morgan fingerprint density at radius 3 is 1.39 bits per heavy atom. The normalized spacial score (nSPS) is 12.7. The van der Waals surface area contributed by atoms with Crippen molar-refractivity contribution in [3.8, 4) is 0 Å². The molecule has 0 unspecified atom stereocenters. The number of rotatable bonds is 10. The smallest absolute Gasteiger partial charge is 0.266 e. The maximum atomic E-state index is 11.0. The molecule has 8 heteroatoms. The predicted molar refractivity (Wildman–Crippen MR) is 69.0 cm³/mol. The Hall–Kier alpha value is -0.960. The first-order valence-corrected chi connectivity index (χ1v) is 8.09. The van der Waals surface area contributed by atoms with Crippen molar-refractivity contribution in [1.82, 2.24) is 0 Å². The monoisotopic (exact) mass is 296 g/mol. The lowest BCUT2D eigenvalue weighted by molar-refractivity contribution is 0.348. The van der Waals surface area contributed by atoms with Crippen molar-refractivity contribution in [3.63, 3.8) is 0 Å². The van der Waals surface area contributed by atoms with E-state index >= 15 is 0 Å². The highest BCUT2D eigenvalue weighted by Crippen LogP contribution is 1.96. The lowest BCUT2D eigenvalue weighted by Gasteiger charge is -2.00. The SMILES string of the molecule is C=CCS(=O)(=O)OC/C=C/COS(=O)(=O)CC=C. The molecule has 0 fully saturated rings. The summed E-state index contributed by atoms with van der Waals surface area (Å²) in [5.41, 5.74) is 0. The van der Waals surface area contributed by atoms with E-state index in [2.05, 4.69) is 21.5 Å². The number of hydrogen-bond acceptors (Lipinski definition) is 6. The zero-order valence-electron chi connectivity index (χ0n) is 9.82. The van der Waals surface area contributed by atoms with Crippen LogP contribution in [0.15, 0.2) is 37.5 Å². The molecule has 0 rings (SSSR count). The fraction of sp³-hybridized carbons (Fsp3) is 0.400. The van der Waals surface area contributed by atoms with Gasteiger partial charge in [0.2, 0.25) is 0 Å². The highest BCUT2D eigenvalue weighted by molar-refractivity contribution is 7.87. The predicted octanol–water partition coefficient (Wildman–Crippen LogP) is 0.607. The average molecular weight is 296 g/mol. The fourth-order valence-corrected chi connectivity index (χ4v) is 2.15. The summed E-state index contributed by atoms with van der Waals surface area (Å²) in [5, 5.41) is 0. The average Bonchev–Trinajstić information content (AvgIpc) is 2.22. The van der Waals surface area contributed by atoms with Crippen molar-refractivity contribution in [2.75, 3.05) is 24.7 Å². The molecule has 0 bridgehead atoms. The van der Waals surface area contributed by atoms with Gasteiger partial charge in [-0.15, -0.1) is 13.2 Å². The standard InChI is InChI=1S/C10H16O6S2/c1-3-9-17(11,12)15-7-5-6-8-16-18(13,14)10-4-2/h3-6H,1-2,7-10H2/b6-5+. The van der Waals surface area contributed by atoms with E-state index < -0.39 is 20.2 Å². The van der Waals surface area contributed by atoms with Gasteiger partial charge in [0, 0.05) is 0 Å². The van der Waals surface area contributed by atoms with Crippen molar-refractivity contribution in [2.24, 2.45) is 0 Å². The van der Waals surface area contributed by atoms with Crippen molar-refractivity contribution in [2.45, 2.75) is 0 Å². The van der Waals surface area contributed by atoms with E-state index in [1.54, 1.807) is 0 Å². The van der Waals surface area contributed by atoms with E-state index in [4.69, 9.17) is 0 Å². The first-order valence-electron chi connectivity index (χ1n) is 4.94. The third-order valence-corrected chi connectivity index (χ3v) is 3.78. The van der Waals surface area contributed by atoms with Gasteiger partial charge in [-0.1, -0.05) is 24.3 Å². The zero-order chi connectivity index (χ0) is 14.1. The van der Waals surface area contributed by atoms with Crippen LogP contribution in [0.1, 0.15) is 0 Å². The molecule has 0 atom stereocenters. The van der Waals surface area contributed by atoms with E-state index in [-0.39, 0.29) is 24.7 Å². The van der Waals surface area contributed by atoms with Crippen LogP contribution in [0.3, 0.4) is 0 Å². The third kappa shape index (κ3) is 9.11. The fourth-order valence-electron chi connectivity index (χ4n) is 0.807. The van der Waals surface area contributed by atoms with E-state index in [0.717, 1.165) is 0 Å². The van der Waals surface area contributed by atoms with E-state index in [1.165, 1.54) is 24.3 Å². The van der Waals surface area contributed by atoms with Gasteiger partial charge in [-0.25, -0.2) is 0 Å². The molecular weight excluding hydrogens is 280 g/mol. The maximum absolute atomic E-state index is 11.0. The van der Waals surface area contributed by atoms with Gasteiger partial charge < -0.3 is 0 Å². The highest BCUT2D eigenvalue weighted by Gasteiger charge is 2.07. The Bertz CT molecular complexity index is 440. The summed E-state index contributed by atoms with van der Waals surface area (Å²) >= 11 is 0. The molecule has 0 saturated carbocycles. The maximum Gasteiger partial charge on any atom is 0.271 e. The molecule has 0 aromatic carbocycles. The second kappa shape index (κ2) is 8.20. The summed E-state index contributed by atoms with van der Waals surface area (Å²) in [6.07, 6.45) is 5.13. The summed E-state index contributed by atoms with van der Waals surface area (Å²) in [6.45, 7) is 6.19. The van der Waals surface area contributed by atoms with Crippen LogP contribution < -0.4 is 0 Å². The second-order valence-electron chi connectivity index (χ2n) is 3.07. The molecule has 0 radical (unpaired) electrons.